The first kappa shape index (κ1) is 18.3. The van der Waals surface area contributed by atoms with Crippen LogP contribution in [0, 0.1) is 0 Å². The molecule has 0 aromatic heterocycles. The number of hydrogen-bond acceptors (Lipinski definition) is 4. The topological polar surface area (TPSA) is 76.7 Å². The second-order valence-corrected chi connectivity index (χ2v) is 5.94. The van der Waals surface area contributed by atoms with E-state index in [0.29, 0.717) is 28.3 Å². The number of benzene rings is 2. The Kier molecular flexibility index (Phi) is 5.56. The largest absolute Gasteiger partial charge is 0.458 e. The molecule has 2 N–H and O–H groups in total. The summed E-state index contributed by atoms with van der Waals surface area (Å²) in [6, 6.07) is 15.6. The molecule has 0 radical (unpaired) electrons. The van der Waals surface area contributed by atoms with Crippen molar-refractivity contribution in [2.75, 3.05) is 6.61 Å². The van der Waals surface area contributed by atoms with Gasteiger partial charge >= 0.3 is 12.0 Å². The molecule has 0 bridgehead atoms. The van der Waals surface area contributed by atoms with Crippen LogP contribution in [0.2, 0.25) is 0 Å². The zero-order valence-electron chi connectivity index (χ0n) is 14.9. The molecule has 0 unspecified atom stereocenters. The van der Waals surface area contributed by atoms with Gasteiger partial charge in [0, 0.05) is 5.70 Å². The van der Waals surface area contributed by atoms with Crippen LogP contribution < -0.4 is 15.4 Å². The van der Waals surface area contributed by atoms with Crippen molar-refractivity contribution >= 4 is 12.0 Å². The van der Waals surface area contributed by atoms with Crippen molar-refractivity contribution in [2.24, 2.45) is 0 Å². The molecular weight excluding hydrogens is 344 g/mol. The van der Waals surface area contributed by atoms with Crippen molar-refractivity contribution < 1.29 is 19.1 Å². The van der Waals surface area contributed by atoms with E-state index in [4.69, 9.17) is 9.47 Å². The monoisotopic (exact) mass is 364 g/mol. The summed E-state index contributed by atoms with van der Waals surface area (Å²) in [5.74, 6) is 0.781. The second kappa shape index (κ2) is 8.23. The Balaban J connectivity index is 1.91. The molecule has 0 saturated heterocycles. The molecule has 0 aliphatic carbocycles. The average molecular weight is 364 g/mol. The molecule has 1 aliphatic heterocycles. The van der Waals surface area contributed by atoms with Crippen LogP contribution in [-0.4, -0.2) is 18.6 Å². The fourth-order valence-electron chi connectivity index (χ4n) is 2.81. The highest BCUT2D eigenvalue weighted by Crippen LogP contribution is 2.31. The molecule has 6 heteroatoms. The summed E-state index contributed by atoms with van der Waals surface area (Å²) in [6.45, 7) is 5.30. The van der Waals surface area contributed by atoms with Crippen LogP contribution in [0.4, 0.5) is 4.79 Å². The van der Waals surface area contributed by atoms with Crippen molar-refractivity contribution in [2.45, 2.75) is 13.0 Å². The predicted molar refractivity (Wildman–Crippen MR) is 101 cm³/mol. The van der Waals surface area contributed by atoms with Gasteiger partial charge in [0.25, 0.3) is 0 Å². The van der Waals surface area contributed by atoms with Crippen molar-refractivity contribution in [3.8, 4) is 11.5 Å². The molecule has 2 aromatic rings. The van der Waals surface area contributed by atoms with Crippen molar-refractivity contribution in [3.63, 3.8) is 0 Å². The number of para-hydroxylation sites is 1. The van der Waals surface area contributed by atoms with Gasteiger partial charge in [0.05, 0.1) is 11.6 Å². The van der Waals surface area contributed by atoms with Crippen LogP contribution in [0.25, 0.3) is 0 Å². The van der Waals surface area contributed by atoms with Gasteiger partial charge < -0.3 is 20.1 Å². The molecule has 0 saturated carbocycles. The van der Waals surface area contributed by atoms with Crippen molar-refractivity contribution in [1.82, 2.24) is 10.6 Å². The molecule has 1 aliphatic rings. The maximum absolute atomic E-state index is 12.5. The molecule has 2 amide bonds. The Hall–Kier alpha value is -3.54. The molecule has 2 aromatic carbocycles. The predicted octanol–water partition coefficient (Wildman–Crippen LogP) is 3.84. The number of carbonyl (C=O) groups excluding carboxylic acids is 2. The number of esters is 1. The average Bonchev–Trinajstić information content (AvgIpc) is 2.66. The Morgan fingerprint density at radius 2 is 1.89 bits per heavy atom. The van der Waals surface area contributed by atoms with Crippen LogP contribution in [0.5, 0.6) is 11.5 Å². The van der Waals surface area contributed by atoms with Crippen molar-refractivity contribution in [1.29, 1.82) is 0 Å². The van der Waals surface area contributed by atoms with E-state index < -0.39 is 12.0 Å². The first-order chi connectivity index (χ1) is 13.1. The highest BCUT2D eigenvalue weighted by atomic mass is 16.5. The Morgan fingerprint density at radius 1 is 1.15 bits per heavy atom. The van der Waals surface area contributed by atoms with Gasteiger partial charge in [-0.1, -0.05) is 43.0 Å². The summed E-state index contributed by atoms with van der Waals surface area (Å²) in [5, 5.41) is 5.38. The van der Waals surface area contributed by atoms with Gasteiger partial charge in [0.2, 0.25) is 0 Å². The normalized spacial score (nSPS) is 16.2. The third-order valence-electron chi connectivity index (χ3n) is 3.99. The molecule has 3 rings (SSSR count). The summed E-state index contributed by atoms with van der Waals surface area (Å²) in [6.07, 6.45) is 1.49. The Morgan fingerprint density at radius 3 is 2.63 bits per heavy atom. The smallest absolute Gasteiger partial charge is 0.338 e. The maximum atomic E-state index is 12.5. The highest BCUT2D eigenvalue weighted by molar-refractivity contribution is 5.95. The second-order valence-electron chi connectivity index (χ2n) is 5.94. The van der Waals surface area contributed by atoms with Crippen LogP contribution in [-0.2, 0) is 9.53 Å². The van der Waals surface area contributed by atoms with E-state index in [0.717, 1.165) is 0 Å². The zero-order valence-corrected chi connectivity index (χ0v) is 14.9. The van der Waals surface area contributed by atoms with E-state index in [1.807, 2.05) is 48.5 Å². The number of nitrogens with one attached hydrogen (secondary N) is 2. The summed E-state index contributed by atoms with van der Waals surface area (Å²) < 4.78 is 11.0. The lowest BCUT2D eigenvalue weighted by Crippen LogP contribution is -2.45. The number of allylic oxidation sites excluding steroid dienone is 1. The number of hydrogen-bond donors (Lipinski definition) is 2. The molecule has 0 fully saturated rings. The number of ether oxygens (including phenoxy) is 2. The summed E-state index contributed by atoms with van der Waals surface area (Å²) in [7, 11) is 0. The van der Waals surface area contributed by atoms with Crippen LogP contribution in [0.15, 0.2) is 78.5 Å². The minimum atomic E-state index is -0.643. The number of carbonyl (C=O) groups is 2. The first-order valence-corrected chi connectivity index (χ1v) is 8.47. The van der Waals surface area contributed by atoms with Gasteiger partial charge in [-0.25, -0.2) is 9.59 Å². The Bertz CT molecular complexity index is 890. The molecule has 0 spiro atoms. The molecule has 27 heavy (non-hydrogen) atoms. The van der Waals surface area contributed by atoms with Gasteiger partial charge in [0.15, 0.2) is 0 Å². The van der Waals surface area contributed by atoms with Crippen LogP contribution >= 0.6 is 0 Å². The van der Waals surface area contributed by atoms with Crippen LogP contribution in [0.3, 0.4) is 0 Å². The van der Waals surface area contributed by atoms with E-state index >= 15 is 0 Å². The SMILES string of the molecule is C=CCOC(=O)C1=C(C)NC(=O)N[C@@H]1c1cccc(Oc2ccccc2)c1. The van der Waals surface area contributed by atoms with Gasteiger partial charge in [0.1, 0.15) is 18.1 Å². The lowest BCUT2D eigenvalue weighted by molar-refractivity contribution is -0.138. The number of rotatable bonds is 6. The van der Waals surface area contributed by atoms with E-state index in [9.17, 15) is 9.59 Å². The van der Waals surface area contributed by atoms with E-state index in [1.54, 1.807) is 13.0 Å². The lowest BCUT2D eigenvalue weighted by Gasteiger charge is -2.28. The molecular formula is C21H20N2O4. The molecule has 1 heterocycles. The molecule has 138 valence electrons. The minimum absolute atomic E-state index is 0.0907. The summed E-state index contributed by atoms with van der Waals surface area (Å²) >= 11 is 0. The summed E-state index contributed by atoms with van der Waals surface area (Å²) in [5.41, 5.74) is 1.50. The standard InChI is InChI=1S/C21H20N2O4/c1-3-12-26-20(24)18-14(2)22-21(25)23-19(18)15-8-7-11-17(13-15)27-16-9-5-4-6-10-16/h3-11,13,19H,1,12H2,2H3,(H2,22,23,25)/t19-/m1/s1. The quantitative estimate of drug-likeness (QED) is 0.603. The van der Waals surface area contributed by atoms with Gasteiger partial charge in [-0.05, 0) is 36.8 Å². The van der Waals surface area contributed by atoms with Crippen LogP contribution in [0.1, 0.15) is 18.5 Å². The van der Waals surface area contributed by atoms with Crippen molar-refractivity contribution in [3.05, 3.63) is 84.1 Å². The fourth-order valence-corrected chi connectivity index (χ4v) is 2.81. The number of urea groups is 1. The first-order valence-electron chi connectivity index (χ1n) is 8.47. The molecule has 6 nitrogen and oxygen atoms in total. The number of amides is 2. The van der Waals surface area contributed by atoms with E-state index in [-0.39, 0.29) is 12.6 Å². The minimum Gasteiger partial charge on any atom is -0.458 e. The zero-order chi connectivity index (χ0) is 19.2. The maximum Gasteiger partial charge on any atom is 0.338 e. The third kappa shape index (κ3) is 4.36. The Labute approximate surface area is 157 Å². The van der Waals surface area contributed by atoms with Gasteiger partial charge in [-0.3, -0.25) is 0 Å². The molecule has 1 atom stereocenters. The fraction of sp³-hybridized carbons (Fsp3) is 0.143. The summed E-state index contributed by atoms with van der Waals surface area (Å²) in [4.78, 5) is 24.4. The van der Waals surface area contributed by atoms with E-state index in [2.05, 4.69) is 17.2 Å². The highest BCUT2D eigenvalue weighted by Gasteiger charge is 2.32. The van der Waals surface area contributed by atoms with Gasteiger partial charge in [-0.2, -0.15) is 0 Å². The lowest BCUT2D eigenvalue weighted by atomic mass is 9.95. The van der Waals surface area contributed by atoms with Gasteiger partial charge in [-0.15, -0.1) is 0 Å². The van der Waals surface area contributed by atoms with E-state index in [1.165, 1.54) is 6.08 Å². The third-order valence-corrected chi connectivity index (χ3v) is 3.99.